The fourth-order valence-corrected chi connectivity index (χ4v) is 3.04. The van der Waals surface area contributed by atoms with E-state index in [1.165, 1.54) is 42.5 Å². The number of anilines is 1. The fraction of sp³-hybridized carbons (Fsp3) is 0.458. The van der Waals surface area contributed by atoms with Gasteiger partial charge < -0.3 is 27.0 Å². The van der Waals surface area contributed by atoms with Gasteiger partial charge in [0.15, 0.2) is 18.9 Å². The molecule has 2 rings (SSSR count). The summed E-state index contributed by atoms with van der Waals surface area (Å²) in [4.78, 5) is 2.52. The molecule has 0 unspecified atom stereocenters. The lowest BCUT2D eigenvalue weighted by molar-refractivity contribution is -0.697. The summed E-state index contributed by atoms with van der Waals surface area (Å²) >= 11 is 0. The van der Waals surface area contributed by atoms with E-state index in [2.05, 4.69) is 84.3 Å². The smallest absolute Gasteiger partial charge is 0.169 e. The number of benzene rings is 1. The first-order valence-corrected chi connectivity index (χ1v) is 10.4. The molecule has 0 saturated heterocycles. The van der Waals surface area contributed by atoms with Crippen LogP contribution >= 0.6 is 0 Å². The SMILES string of the molecule is CCCCN(CCCC)c1ccc(/C=C/c2cc[n+](CCCO)cc2)cc1.[Br-]. The quantitative estimate of drug-likeness (QED) is 0.504. The molecule has 0 fully saturated rings. The van der Waals surface area contributed by atoms with Crippen molar-refractivity contribution in [2.45, 2.75) is 52.5 Å². The third kappa shape index (κ3) is 8.57. The molecule has 28 heavy (non-hydrogen) atoms. The Hall–Kier alpha value is -1.65. The van der Waals surface area contributed by atoms with Gasteiger partial charge in [-0.15, -0.1) is 0 Å². The third-order valence-electron chi connectivity index (χ3n) is 4.78. The molecule has 0 bridgehead atoms. The predicted molar refractivity (Wildman–Crippen MR) is 116 cm³/mol. The summed E-state index contributed by atoms with van der Waals surface area (Å²) in [5.41, 5.74) is 3.74. The van der Waals surface area contributed by atoms with E-state index in [1.54, 1.807) is 0 Å². The van der Waals surface area contributed by atoms with Gasteiger partial charge in [0.1, 0.15) is 0 Å². The van der Waals surface area contributed by atoms with E-state index < -0.39 is 0 Å². The number of hydrogen-bond donors (Lipinski definition) is 1. The molecule has 1 N–H and O–H groups in total. The van der Waals surface area contributed by atoms with Crippen LogP contribution < -0.4 is 26.4 Å². The molecule has 2 aromatic rings. The minimum atomic E-state index is 0. The lowest BCUT2D eigenvalue weighted by Crippen LogP contribution is -3.00. The first-order chi connectivity index (χ1) is 13.3. The van der Waals surface area contributed by atoms with Crippen molar-refractivity contribution >= 4 is 17.8 Å². The second kappa shape index (κ2) is 14.4. The molecule has 0 saturated carbocycles. The number of hydrogen-bond acceptors (Lipinski definition) is 2. The second-order valence-electron chi connectivity index (χ2n) is 7.07. The molecule has 1 aromatic carbocycles. The molecule has 1 heterocycles. The van der Waals surface area contributed by atoms with Crippen molar-refractivity contribution in [1.82, 2.24) is 0 Å². The van der Waals surface area contributed by atoms with Crippen LogP contribution in [0.1, 0.15) is 57.1 Å². The van der Waals surface area contributed by atoms with Crippen molar-refractivity contribution < 1.29 is 26.7 Å². The highest BCUT2D eigenvalue weighted by Crippen LogP contribution is 2.18. The zero-order chi connectivity index (χ0) is 19.3. The molecule has 0 aliphatic rings. The van der Waals surface area contributed by atoms with Gasteiger partial charge in [-0.05, 0) is 36.1 Å². The summed E-state index contributed by atoms with van der Waals surface area (Å²) in [5, 5.41) is 8.90. The predicted octanol–water partition coefficient (Wildman–Crippen LogP) is 1.94. The zero-order valence-corrected chi connectivity index (χ0v) is 18.9. The number of nitrogens with zero attached hydrogens (tertiary/aromatic N) is 2. The Kier molecular flexibility index (Phi) is 12.5. The summed E-state index contributed by atoms with van der Waals surface area (Å²) in [6.07, 6.45) is 14.2. The fourth-order valence-electron chi connectivity index (χ4n) is 3.04. The molecule has 0 spiro atoms. The number of aliphatic hydroxyl groups is 1. The van der Waals surface area contributed by atoms with Gasteiger partial charge in [0.2, 0.25) is 0 Å². The number of unbranched alkanes of at least 4 members (excludes halogenated alkanes) is 2. The highest BCUT2D eigenvalue weighted by Gasteiger charge is 2.05. The first-order valence-electron chi connectivity index (χ1n) is 10.4. The largest absolute Gasteiger partial charge is 1.00 e. The zero-order valence-electron chi connectivity index (χ0n) is 17.4. The summed E-state index contributed by atoms with van der Waals surface area (Å²) < 4.78 is 2.10. The molecule has 0 atom stereocenters. The number of aliphatic hydroxyl groups excluding tert-OH is 1. The van der Waals surface area contributed by atoms with Gasteiger partial charge in [0.25, 0.3) is 0 Å². The van der Waals surface area contributed by atoms with Crippen LogP contribution in [0.25, 0.3) is 12.2 Å². The lowest BCUT2D eigenvalue weighted by atomic mass is 10.1. The first kappa shape index (κ1) is 24.4. The summed E-state index contributed by atoms with van der Waals surface area (Å²) in [6.45, 7) is 7.89. The Morgan fingerprint density at radius 3 is 1.86 bits per heavy atom. The number of rotatable bonds is 12. The van der Waals surface area contributed by atoms with E-state index in [0.29, 0.717) is 0 Å². The highest BCUT2D eigenvalue weighted by molar-refractivity contribution is 5.70. The van der Waals surface area contributed by atoms with Crippen molar-refractivity contribution in [3.05, 3.63) is 59.9 Å². The van der Waals surface area contributed by atoms with Crippen LogP contribution in [0.4, 0.5) is 5.69 Å². The van der Waals surface area contributed by atoms with Crippen LogP contribution in [0, 0.1) is 0 Å². The van der Waals surface area contributed by atoms with E-state index in [4.69, 9.17) is 5.11 Å². The van der Waals surface area contributed by atoms with Gasteiger partial charge in [-0.2, -0.15) is 0 Å². The third-order valence-corrected chi connectivity index (χ3v) is 4.78. The molecule has 4 heteroatoms. The van der Waals surface area contributed by atoms with Crippen LogP contribution in [-0.4, -0.2) is 24.8 Å². The van der Waals surface area contributed by atoms with Crippen LogP contribution in [0.2, 0.25) is 0 Å². The molecule has 0 radical (unpaired) electrons. The normalized spacial score (nSPS) is 10.8. The van der Waals surface area contributed by atoms with E-state index in [1.807, 2.05) is 0 Å². The van der Waals surface area contributed by atoms with E-state index in [-0.39, 0.29) is 23.6 Å². The Labute approximate surface area is 181 Å². The van der Waals surface area contributed by atoms with Gasteiger partial charge in [-0.25, -0.2) is 4.57 Å². The van der Waals surface area contributed by atoms with Gasteiger partial charge in [0, 0.05) is 43.9 Å². The minimum Gasteiger partial charge on any atom is -1.00 e. The Morgan fingerprint density at radius 1 is 0.821 bits per heavy atom. The van der Waals surface area contributed by atoms with Gasteiger partial charge in [-0.3, -0.25) is 0 Å². The maximum Gasteiger partial charge on any atom is 0.169 e. The van der Waals surface area contributed by atoms with E-state index in [0.717, 1.165) is 26.1 Å². The van der Waals surface area contributed by atoms with Gasteiger partial charge in [-0.1, -0.05) is 51.0 Å². The van der Waals surface area contributed by atoms with Gasteiger partial charge >= 0.3 is 0 Å². The Morgan fingerprint density at radius 2 is 1.36 bits per heavy atom. The standard InChI is InChI=1S/C24H35N2O.BrH/c1-3-5-17-26(18-6-4-2)24-12-10-22(11-13-24)8-9-23-14-19-25(20-15-23)16-7-21-27;/h8-15,19-20,27H,3-7,16-18,21H2,1-2H3;1H/q+1;/p-1. The van der Waals surface area contributed by atoms with E-state index in [9.17, 15) is 0 Å². The average Bonchev–Trinajstić information content (AvgIpc) is 2.72. The van der Waals surface area contributed by atoms with Crippen molar-refractivity contribution in [2.75, 3.05) is 24.6 Å². The summed E-state index contributed by atoms with van der Waals surface area (Å²) in [6, 6.07) is 13.1. The Bertz CT molecular complexity index is 660. The Balaban J connectivity index is 0.00000392. The molecule has 0 aliphatic carbocycles. The van der Waals surface area contributed by atoms with Crippen LogP contribution in [-0.2, 0) is 6.54 Å². The summed E-state index contributed by atoms with van der Waals surface area (Å²) in [7, 11) is 0. The van der Waals surface area contributed by atoms with Crippen molar-refractivity contribution in [3.63, 3.8) is 0 Å². The number of halogens is 1. The van der Waals surface area contributed by atoms with Crippen LogP contribution in [0.3, 0.4) is 0 Å². The molecule has 1 aromatic heterocycles. The van der Waals surface area contributed by atoms with E-state index >= 15 is 0 Å². The van der Waals surface area contributed by atoms with Crippen molar-refractivity contribution in [1.29, 1.82) is 0 Å². The molecule has 0 aliphatic heterocycles. The maximum absolute atomic E-state index is 8.90. The molecule has 154 valence electrons. The average molecular weight is 447 g/mol. The van der Waals surface area contributed by atoms with Crippen LogP contribution in [0.5, 0.6) is 0 Å². The van der Waals surface area contributed by atoms with Crippen molar-refractivity contribution in [2.24, 2.45) is 0 Å². The molecular formula is C24H35BrN2O. The molecule has 3 nitrogen and oxygen atoms in total. The van der Waals surface area contributed by atoms with Gasteiger partial charge in [0.05, 0.1) is 0 Å². The topological polar surface area (TPSA) is 27.4 Å². The number of aryl methyl sites for hydroxylation is 1. The minimum absolute atomic E-state index is 0. The monoisotopic (exact) mass is 446 g/mol. The van der Waals surface area contributed by atoms with Crippen molar-refractivity contribution in [3.8, 4) is 0 Å². The lowest BCUT2D eigenvalue weighted by Gasteiger charge is -2.24. The molecule has 0 amide bonds. The van der Waals surface area contributed by atoms with Crippen LogP contribution in [0.15, 0.2) is 48.8 Å². The highest BCUT2D eigenvalue weighted by atomic mass is 79.9. The number of aromatic nitrogens is 1. The molecular weight excluding hydrogens is 412 g/mol. The maximum atomic E-state index is 8.90. The second-order valence-corrected chi connectivity index (χ2v) is 7.07. The summed E-state index contributed by atoms with van der Waals surface area (Å²) in [5.74, 6) is 0. The number of pyridine rings is 1.